The number of hydrogen-bond donors (Lipinski definition) is 4. The second kappa shape index (κ2) is 12.7. The first-order valence-corrected chi connectivity index (χ1v) is 14.3. The van der Waals surface area contributed by atoms with Crippen LogP contribution in [0.15, 0.2) is 35.5 Å². The zero-order chi connectivity index (χ0) is 35.9. The predicted octanol–water partition coefficient (Wildman–Crippen LogP) is 7.32. The lowest BCUT2D eigenvalue weighted by Gasteiger charge is -2.45. The lowest BCUT2D eigenvalue weighted by Crippen LogP contribution is -2.55. The Balaban J connectivity index is 1.93. The molecule has 4 N–H and O–H groups in total. The Labute approximate surface area is 247 Å². The Hall–Kier alpha value is -1.36. The number of alkyl halides is 6. The van der Waals surface area contributed by atoms with Crippen molar-refractivity contribution in [3.63, 3.8) is 0 Å². The molecule has 0 radical (unpaired) electrons. The van der Waals surface area contributed by atoms with Gasteiger partial charge in [0.1, 0.15) is 0 Å². The Morgan fingerprint density at radius 3 is 2.22 bits per heavy atom. The van der Waals surface area contributed by atoms with Crippen LogP contribution in [0.1, 0.15) is 106 Å². The van der Waals surface area contributed by atoms with E-state index in [1.807, 2.05) is 19.1 Å². The van der Waals surface area contributed by atoms with Gasteiger partial charge in [-0.25, -0.2) is 0 Å². The van der Waals surface area contributed by atoms with E-state index in [1.165, 1.54) is 0 Å². The Kier molecular flexibility index (Phi) is 8.08. The number of aliphatic hydroxyl groups excluding tert-OH is 2. The van der Waals surface area contributed by atoms with Crippen LogP contribution in [-0.2, 0) is 0 Å². The van der Waals surface area contributed by atoms with Crippen molar-refractivity contribution in [2.45, 2.75) is 133 Å². The molecular formula is C31H46F6O4. The molecule has 6 atom stereocenters. The third-order valence-electron chi connectivity index (χ3n) is 9.46. The molecule has 236 valence electrons. The van der Waals surface area contributed by atoms with Gasteiger partial charge in [-0.2, -0.15) is 26.3 Å². The Bertz CT molecular complexity index is 1140. The molecule has 3 fully saturated rings. The molecule has 0 aliphatic heterocycles. The molecule has 3 aliphatic carbocycles. The van der Waals surface area contributed by atoms with Crippen molar-refractivity contribution in [1.82, 2.24) is 0 Å². The van der Waals surface area contributed by atoms with Gasteiger partial charge in [0.15, 0.2) is 0 Å². The summed E-state index contributed by atoms with van der Waals surface area (Å²) in [7, 11) is 0. The first-order chi connectivity index (χ1) is 21.3. The van der Waals surface area contributed by atoms with E-state index >= 15 is 0 Å². The third-order valence-corrected chi connectivity index (χ3v) is 9.46. The maximum atomic E-state index is 13.4. The van der Waals surface area contributed by atoms with Gasteiger partial charge in [-0.15, -0.1) is 0 Å². The maximum Gasteiger partial charge on any atom is 0.429 e. The zero-order valence-corrected chi connectivity index (χ0v) is 23.2. The maximum absolute atomic E-state index is 13.4. The van der Waals surface area contributed by atoms with Gasteiger partial charge in [0.25, 0.3) is 5.60 Å². The SMILES string of the molecule is [2H]C([2H])([2H])C(O)(CCC[C@@H](C/C=C\C(O)(C(F)(F)F)C(F)(F)F)[C@H]1CC[C@H]2/C(=C/C=C3C[C@@H](O)C[C@H](O)C3)CCC[C@]12C)C([2H])([2H])[2H]. The number of allylic oxidation sites excluding steroid dienone is 4. The fraction of sp³-hybridized carbons (Fsp3) is 0.806. The topological polar surface area (TPSA) is 80.9 Å². The molecule has 0 heterocycles. The van der Waals surface area contributed by atoms with Crippen LogP contribution in [0.3, 0.4) is 0 Å². The fourth-order valence-corrected chi connectivity index (χ4v) is 7.45. The Morgan fingerprint density at radius 1 is 1.00 bits per heavy atom. The lowest BCUT2D eigenvalue weighted by atomic mass is 9.60. The average molecular weight is 603 g/mol. The minimum Gasteiger partial charge on any atom is -0.393 e. The summed E-state index contributed by atoms with van der Waals surface area (Å²) in [5, 5.41) is 40.5. The van der Waals surface area contributed by atoms with Crippen molar-refractivity contribution in [1.29, 1.82) is 0 Å². The summed E-state index contributed by atoms with van der Waals surface area (Å²) in [5.41, 5.74) is -6.58. The molecule has 0 aromatic rings. The van der Waals surface area contributed by atoms with E-state index in [-0.39, 0.29) is 37.2 Å². The van der Waals surface area contributed by atoms with Crippen molar-refractivity contribution in [3.8, 4) is 0 Å². The van der Waals surface area contributed by atoms with Gasteiger partial charge in [0.05, 0.1) is 17.8 Å². The highest BCUT2D eigenvalue weighted by Crippen LogP contribution is 2.60. The minimum atomic E-state index is -6.04. The third kappa shape index (κ3) is 8.18. The predicted molar refractivity (Wildman–Crippen MR) is 145 cm³/mol. The van der Waals surface area contributed by atoms with E-state index in [0.717, 1.165) is 24.0 Å². The highest BCUT2D eigenvalue weighted by atomic mass is 19.4. The zero-order valence-electron chi connectivity index (χ0n) is 29.2. The van der Waals surface area contributed by atoms with Gasteiger partial charge in [-0.1, -0.05) is 42.7 Å². The highest BCUT2D eigenvalue weighted by molar-refractivity contribution is 5.26. The molecule has 3 rings (SSSR count). The van der Waals surface area contributed by atoms with Crippen LogP contribution in [0.2, 0.25) is 0 Å². The summed E-state index contributed by atoms with van der Waals surface area (Å²) in [6, 6.07) is 0. The van der Waals surface area contributed by atoms with E-state index in [0.29, 0.717) is 44.6 Å². The van der Waals surface area contributed by atoms with E-state index < -0.39 is 67.2 Å². The Morgan fingerprint density at radius 2 is 1.63 bits per heavy atom. The summed E-state index contributed by atoms with van der Waals surface area (Å²) >= 11 is 0. The summed E-state index contributed by atoms with van der Waals surface area (Å²) in [6.07, 6.45) is -5.73. The van der Waals surface area contributed by atoms with Gasteiger partial charge in [-0.05, 0) is 114 Å². The molecular weight excluding hydrogens is 550 g/mol. The van der Waals surface area contributed by atoms with Crippen molar-refractivity contribution in [2.75, 3.05) is 0 Å². The molecule has 3 aliphatic rings. The van der Waals surface area contributed by atoms with Gasteiger partial charge < -0.3 is 20.4 Å². The molecule has 0 unspecified atom stereocenters. The van der Waals surface area contributed by atoms with E-state index in [2.05, 4.69) is 0 Å². The molecule has 0 aromatic carbocycles. The monoisotopic (exact) mass is 602 g/mol. The number of fused-ring (bicyclic) bond motifs is 1. The minimum absolute atomic E-state index is 0.0150. The quantitative estimate of drug-likeness (QED) is 0.165. The highest BCUT2D eigenvalue weighted by Gasteiger charge is 2.69. The number of rotatable bonds is 9. The molecule has 0 amide bonds. The summed E-state index contributed by atoms with van der Waals surface area (Å²) in [6.45, 7) is -4.55. The van der Waals surface area contributed by atoms with Crippen LogP contribution in [0.5, 0.6) is 0 Å². The van der Waals surface area contributed by atoms with E-state index in [9.17, 15) is 46.8 Å². The van der Waals surface area contributed by atoms with Crippen LogP contribution >= 0.6 is 0 Å². The van der Waals surface area contributed by atoms with Crippen LogP contribution in [0, 0.1) is 23.2 Å². The van der Waals surface area contributed by atoms with Gasteiger partial charge in [-0.3, -0.25) is 0 Å². The molecule has 0 saturated heterocycles. The van der Waals surface area contributed by atoms with Gasteiger partial charge in [0, 0.05) is 8.22 Å². The van der Waals surface area contributed by atoms with Crippen LogP contribution < -0.4 is 0 Å². The average Bonchev–Trinajstić information content (AvgIpc) is 3.25. The van der Waals surface area contributed by atoms with Gasteiger partial charge >= 0.3 is 12.4 Å². The molecule has 3 saturated carbocycles. The number of aliphatic hydroxyl groups is 4. The normalized spacial score (nSPS) is 34.8. The molecule has 0 aromatic heterocycles. The van der Waals surface area contributed by atoms with Crippen LogP contribution in [0.4, 0.5) is 26.3 Å². The van der Waals surface area contributed by atoms with Crippen molar-refractivity contribution in [2.24, 2.45) is 23.2 Å². The molecule has 41 heavy (non-hydrogen) atoms. The van der Waals surface area contributed by atoms with Gasteiger partial charge in [0.2, 0.25) is 0 Å². The molecule has 10 heteroatoms. The summed E-state index contributed by atoms with van der Waals surface area (Å²) in [5.74, 6) is -0.858. The van der Waals surface area contributed by atoms with Crippen molar-refractivity contribution in [3.05, 3.63) is 35.5 Å². The lowest BCUT2D eigenvalue weighted by molar-refractivity contribution is -0.347. The van der Waals surface area contributed by atoms with E-state index in [1.54, 1.807) is 0 Å². The van der Waals surface area contributed by atoms with Crippen molar-refractivity contribution >= 4 is 0 Å². The fourth-order valence-electron chi connectivity index (χ4n) is 7.45. The summed E-state index contributed by atoms with van der Waals surface area (Å²) < 4.78 is 126. The largest absolute Gasteiger partial charge is 0.429 e. The van der Waals surface area contributed by atoms with Crippen LogP contribution in [0.25, 0.3) is 0 Å². The first-order valence-electron chi connectivity index (χ1n) is 17.3. The second-order valence-electron chi connectivity index (χ2n) is 12.5. The second-order valence-corrected chi connectivity index (χ2v) is 12.5. The van der Waals surface area contributed by atoms with Crippen LogP contribution in [-0.4, -0.2) is 56.2 Å². The standard InChI is InChI=1S/C31H46F6O4/c1-27(2,40)14-4-7-21(9-6-16-29(41,30(32,33)34)31(35,36)37)25-12-13-26-22(8-5-15-28(25,26)3)11-10-20-17-23(38)19-24(39)18-20/h6,10-11,16,21,23-26,38-41H,4-5,7-9,12-15,17-19H2,1-3H3/b16-6-,22-11+/t21-,23+,24+,25+,26-,28+/m0/s1/i1D3,2D3. The van der Waals surface area contributed by atoms with E-state index in [4.69, 9.17) is 8.22 Å². The first kappa shape index (κ1) is 26.1. The number of hydrogen-bond acceptors (Lipinski definition) is 4. The van der Waals surface area contributed by atoms with Crippen molar-refractivity contribution < 1.29 is 55.0 Å². The summed E-state index contributed by atoms with van der Waals surface area (Å²) in [4.78, 5) is 0. The molecule has 0 bridgehead atoms. The number of halogens is 6. The smallest absolute Gasteiger partial charge is 0.393 e. The molecule has 4 nitrogen and oxygen atoms in total. The molecule has 0 spiro atoms.